The highest BCUT2D eigenvalue weighted by Crippen LogP contribution is 2.30. The summed E-state index contributed by atoms with van der Waals surface area (Å²) < 4.78 is 10.6. The lowest BCUT2D eigenvalue weighted by Gasteiger charge is -2.06. The number of hydrogen-bond acceptors (Lipinski definition) is 3. The van der Waals surface area contributed by atoms with Gasteiger partial charge in [-0.15, -0.1) is 0 Å². The van der Waals surface area contributed by atoms with Gasteiger partial charge < -0.3 is 14.5 Å². The second-order valence-electron chi connectivity index (χ2n) is 5.14. The highest BCUT2D eigenvalue weighted by atomic mass is 16.5. The van der Waals surface area contributed by atoms with Gasteiger partial charge >= 0.3 is 0 Å². The number of methoxy groups -OCH3 is 2. The Morgan fingerprint density at radius 1 is 0.857 bits per heavy atom. The first-order chi connectivity index (χ1) is 10.1. The Balaban J connectivity index is 2.15. The molecule has 21 heavy (non-hydrogen) atoms. The minimum atomic E-state index is 0.747. The molecule has 1 heterocycles. The maximum Gasteiger partial charge on any atom is 0.138 e. The van der Waals surface area contributed by atoms with Crippen LogP contribution in [-0.4, -0.2) is 24.2 Å². The Morgan fingerprint density at radius 3 is 2.10 bits per heavy atom. The van der Waals surface area contributed by atoms with Crippen LogP contribution in [0.5, 0.6) is 11.5 Å². The fourth-order valence-electron chi connectivity index (χ4n) is 2.35. The van der Waals surface area contributed by atoms with E-state index in [1.165, 1.54) is 11.1 Å². The first-order valence-corrected chi connectivity index (χ1v) is 6.81. The van der Waals surface area contributed by atoms with Crippen LogP contribution < -0.4 is 9.47 Å². The number of rotatable bonds is 3. The number of H-pyrrole nitrogens is 1. The van der Waals surface area contributed by atoms with Crippen molar-refractivity contribution in [3.8, 4) is 22.9 Å². The topological polar surface area (TPSA) is 47.1 Å². The lowest BCUT2D eigenvalue weighted by molar-refractivity contribution is 0.394. The molecule has 1 aromatic heterocycles. The van der Waals surface area contributed by atoms with Gasteiger partial charge in [-0.25, -0.2) is 4.98 Å². The summed E-state index contributed by atoms with van der Waals surface area (Å²) in [5.74, 6) is 2.31. The molecule has 0 spiro atoms. The second-order valence-corrected chi connectivity index (χ2v) is 5.14. The van der Waals surface area contributed by atoms with E-state index in [1.54, 1.807) is 14.2 Å². The third-order valence-electron chi connectivity index (χ3n) is 3.72. The van der Waals surface area contributed by atoms with E-state index < -0.39 is 0 Å². The van der Waals surface area contributed by atoms with Gasteiger partial charge in [0.05, 0.1) is 25.3 Å². The Morgan fingerprint density at radius 2 is 1.48 bits per heavy atom. The molecular weight excluding hydrogens is 264 g/mol. The molecule has 3 rings (SSSR count). The van der Waals surface area contributed by atoms with Crippen molar-refractivity contribution in [1.82, 2.24) is 9.97 Å². The first kappa shape index (κ1) is 13.5. The molecule has 108 valence electrons. The third kappa shape index (κ3) is 2.44. The van der Waals surface area contributed by atoms with Crippen LogP contribution in [0.2, 0.25) is 0 Å². The molecular formula is C17H18N2O2. The van der Waals surface area contributed by atoms with Crippen molar-refractivity contribution < 1.29 is 9.47 Å². The number of imidazole rings is 1. The summed E-state index contributed by atoms with van der Waals surface area (Å²) in [5, 5.41) is 0. The molecule has 0 atom stereocenters. The minimum Gasteiger partial charge on any atom is -0.497 e. The van der Waals surface area contributed by atoms with Crippen LogP contribution in [0.25, 0.3) is 22.4 Å². The predicted octanol–water partition coefficient (Wildman–Crippen LogP) is 3.86. The maximum absolute atomic E-state index is 5.31. The summed E-state index contributed by atoms with van der Waals surface area (Å²) in [5.41, 5.74) is 5.44. The average molecular weight is 282 g/mol. The van der Waals surface area contributed by atoms with E-state index >= 15 is 0 Å². The van der Waals surface area contributed by atoms with Crippen LogP contribution in [0, 0.1) is 13.8 Å². The number of aromatic amines is 1. The molecule has 0 aliphatic heterocycles. The van der Waals surface area contributed by atoms with Crippen LogP contribution in [0.1, 0.15) is 11.1 Å². The van der Waals surface area contributed by atoms with Gasteiger partial charge in [-0.2, -0.15) is 0 Å². The minimum absolute atomic E-state index is 0.747. The molecule has 2 aromatic carbocycles. The Kier molecular flexibility index (Phi) is 3.29. The van der Waals surface area contributed by atoms with Crippen LogP contribution in [0.3, 0.4) is 0 Å². The summed E-state index contributed by atoms with van der Waals surface area (Å²) in [6.07, 6.45) is 0. The number of aryl methyl sites for hydroxylation is 2. The lowest BCUT2D eigenvalue weighted by atomic mass is 10.1. The standard InChI is InChI=1S/C17H18N2O2/c1-10-5-15-16(6-11(10)2)19-17(18-15)12-7-13(20-3)9-14(8-12)21-4/h5-9H,1-4H3,(H,18,19). The molecule has 4 heteroatoms. The first-order valence-electron chi connectivity index (χ1n) is 6.81. The number of ether oxygens (including phenoxy) is 2. The summed E-state index contributed by atoms with van der Waals surface area (Å²) in [4.78, 5) is 8.03. The highest BCUT2D eigenvalue weighted by Gasteiger charge is 2.10. The number of nitrogens with one attached hydrogen (secondary N) is 1. The molecule has 3 aromatic rings. The SMILES string of the molecule is COc1cc(OC)cc(-c2nc3cc(C)c(C)cc3[nH]2)c1. The Hall–Kier alpha value is -2.49. The Labute approximate surface area is 123 Å². The smallest absolute Gasteiger partial charge is 0.138 e. The number of fused-ring (bicyclic) bond motifs is 1. The highest BCUT2D eigenvalue weighted by molar-refractivity contribution is 5.81. The number of nitrogens with zero attached hydrogens (tertiary/aromatic N) is 1. The summed E-state index contributed by atoms with van der Waals surface area (Å²) >= 11 is 0. The molecule has 0 saturated carbocycles. The number of aromatic nitrogens is 2. The molecule has 0 amide bonds. The fraction of sp³-hybridized carbons (Fsp3) is 0.235. The quantitative estimate of drug-likeness (QED) is 0.793. The van der Waals surface area contributed by atoms with Gasteiger partial charge in [0, 0.05) is 11.6 Å². The molecule has 0 unspecified atom stereocenters. The van der Waals surface area contributed by atoms with E-state index in [-0.39, 0.29) is 0 Å². The molecule has 0 aliphatic carbocycles. The molecule has 0 radical (unpaired) electrons. The molecule has 4 nitrogen and oxygen atoms in total. The van der Waals surface area contributed by atoms with Gasteiger partial charge in [-0.05, 0) is 49.2 Å². The van der Waals surface area contributed by atoms with Crippen molar-refractivity contribution in [1.29, 1.82) is 0 Å². The largest absolute Gasteiger partial charge is 0.497 e. The zero-order valence-electron chi connectivity index (χ0n) is 12.7. The average Bonchev–Trinajstić information content (AvgIpc) is 2.90. The zero-order chi connectivity index (χ0) is 15.0. The zero-order valence-corrected chi connectivity index (χ0v) is 12.7. The third-order valence-corrected chi connectivity index (χ3v) is 3.72. The van der Waals surface area contributed by atoms with E-state index in [1.807, 2.05) is 18.2 Å². The van der Waals surface area contributed by atoms with E-state index in [0.717, 1.165) is 33.9 Å². The molecule has 1 N–H and O–H groups in total. The van der Waals surface area contributed by atoms with Crippen LogP contribution in [0.4, 0.5) is 0 Å². The maximum atomic E-state index is 5.31. The summed E-state index contributed by atoms with van der Waals surface area (Å²) in [6, 6.07) is 9.96. The molecule has 0 fully saturated rings. The molecule has 0 bridgehead atoms. The van der Waals surface area contributed by atoms with Crippen molar-refractivity contribution >= 4 is 11.0 Å². The van der Waals surface area contributed by atoms with Gasteiger partial charge in [0.15, 0.2) is 0 Å². The van der Waals surface area contributed by atoms with Crippen molar-refractivity contribution in [3.63, 3.8) is 0 Å². The Bertz CT molecular complexity index is 745. The van der Waals surface area contributed by atoms with E-state index in [9.17, 15) is 0 Å². The van der Waals surface area contributed by atoms with Crippen LogP contribution >= 0.6 is 0 Å². The summed E-state index contributed by atoms with van der Waals surface area (Å²) in [6.45, 7) is 4.20. The number of benzene rings is 2. The normalized spacial score (nSPS) is 10.9. The van der Waals surface area contributed by atoms with E-state index in [4.69, 9.17) is 9.47 Å². The number of hydrogen-bond donors (Lipinski definition) is 1. The second kappa shape index (κ2) is 5.13. The van der Waals surface area contributed by atoms with Crippen molar-refractivity contribution in [2.75, 3.05) is 14.2 Å². The summed E-state index contributed by atoms with van der Waals surface area (Å²) in [7, 11) is 3.29. The lowest BCUT2D eigenvalue weighted by Crippen LogP contribution is -1.89. The van der Waals surface area contributed by atoms with Crippen molar-refractivity contribution in [3.05, 3.63) is 41.5 Å². The van der Waals surface area contributed by atoms with Gasteiger partial charge in [0.1, 0.15) is 17.3 Å². The van der Waals surface area contributed by atoms with Gasteiger partial charge in [0.25, 0.3) is 0 Å². The van der Waals surface area contributed by atoms with Crippen molar-refractivity contribution in [2.45, 2.75) is 13.8 Å². The van der Waals surface area contributed by atoms with E-state index in [2.05, 4.69) is 35.9 Å². The predicted molar refractivity (Wildman–Crippen MR) is 84.1 cm³/mol. The monoisotopic (exact) mass is 282 g/mol. The van der Waals surface area contributed by atoms with Gasteiger partial charge in [-0.1, -0.05) is 0 Å². The van der Waals surface area contributed by atoms with Crippen molar-refractivity contribution in [2.24, 2.45) is 0 Å². The van der Waals surface area contributed by atoms with Crippen LogP contribution in [0.15, 0.2) is 30.3 Å². The molecule has 0 saturated heterocycles. The van der Waals surface area contributed by atoms with E-state index in [0.29, 0.717) is 0 Å². The fourth-order valence-corrected chi connectivity index (χ4v) is 2.35. The van der Waals surface area contributed by atoms with Crippen LogP contribution in [-0.2, 0) is 0 Å². The van der Waals surface area contributed by atoms with Gasteiger partial charge in [0.2, 0.25) is 0 Å². The molecule has 0 aliphatic rings. The van der Waals surface area contributed by atoms with Gasteiger partial charge in [-0.3, -0.25) is 0 Å².